The van der Waals surface area contributed by atoms with Crippen molar-refractivity contribution in [3.63, 3.8) is 0 Å². The number of benzene rings is 3. The van der Waals surface area contributed by atoms with Gasteiger partial charge in [-0.25, -0.2) is 8.96 Å². The first-order chi connectivity index (χ1) is 18.6. The van der Waals surface area contributed by atoms with E-state index >= 15 is 4.39 Å². The van der Waals surface area contributed by atoms with E-state index in [9.17, 15) is 0 Å². The topological polar surface area (TPSA) is 17.0 Å². The van der Waals surface area contributed by atoms with Gasteiger partial charge in [0.2, 0.25) is 5.69 Å². The van der Waals surface area contributed by atoms with Crippen LogP contribution in [0.3, 0.4) is 0 Å². The van der Waals surface area contributed by atoms with Crippen LogP contribution in [0, 0.1) is 18.7 Å². The summed E-state index contributed by atoms with van der Waals surface area (Å²) >= 11 is 0. The van der Waals surface area contributed by atoms with Crippen LogP contribution in [0.25, 0.3) is 44.3 Å². The average Bonchev–Trinajstić information content (AvgIpc) is 3.32. The third-order valence-electron chi connectivity index (χ3n) is 9.29. The maximum Gasteiger partial charge on any atom is 0.216 e. The van der Waals surface area contributed by atoms with Crippen LogP contribution < -0.4 is 4.57 Å². The lowest BCUT2D eigenvalue weighted by molar-refractivity contribution is -0.660. The molecule has 1 fully saturated rings. The largest absolute Gasteiger partial charge is 0.454 e. The fourth-order valence-electron chi connectivity index (χ4n) is 7.38. The zero-order valence-electron chi connectivity index (χ0n) is 22.4. The first-order valence-corrected chi connectivity index (χ1v) is 14.3. The standard InChI is InChI=1S/C35H35FNO/c1-22-14-16-28-29-18-19-30(36)33(35(29)38-34(28)32(22)31-13-6-7-20-37(31)2)25-15-17-27-24(21-25)11-8-12-26(27)23-9-4-3-5-10-23/h6-7,13-21,23,26H,3-5,8-12H2,1-2H3/q+1. The van der Waals surface area contributed by atoms with Gasteiger partial charge in [-0.1, -0.05) is 49.6 Å². The van der Waals surface area contributed by atoms with Gasteiger partial charge in [0.15, 0.2) is 6.20 Å². The number of aryl methyl sites for hydroxylation is 3. The number of hydrogen-bond acceptors (Lipinski definition) is 1. The average molecular weight is 505 g/mol. The van der Waals surface area contributed by atoms with Crippen LogP contribution in [0.1, 0.15) is 67.6 Å². The second kappa shape index (κ2) is 9.38. The number of nitrogens with zero attached hydrogens (tertiary/aromatic N) is 1. The second-order valence-corrected chi connectivity index (χ2v) is 11.5. The molecule has 0 aliphatic heterocycles. The van der Waals surface area contributed by atoms with E-state index in [0.717, 1.165) is 51.1 Å². The van der Waals surface area contributed by atoms with Gasteiger partial charge in [0.1, 0.15) is 24.0 Å². The number of fused-ring (bicyclic) bond motifs is 4. The van der Waals surface area contributed by atoms with Gasteiger partial charge in [-0.15, -0.1) is 0 Å². The van der Waals surface area contributed by atoms with Crippen molar-refractivity contribution in [1.82, 2.24) is 0 Å². The van der Waals surface area contributed by atoms with Crippen molar-refractivity contribution < 1.29 is 13.4 Å². The smallest absolute Gasteiger partial charge is 0.216 e. The number of pyridine rings is 1. The van der Waals surface area contributed by atoms with Gasteiger partial charge in [-0.3, -0.25) is 0 Å². The molecule has 3 aromatic carbocycles. The molecular formula is C35H35FNO+. The molecular weight excluding hydrogens is 469 g/mol. The van der Waals surface area contributed by atoms with Gasteiger partial charge in [0, 0.05) is 22.9 Å². The highest BCUT2D eigenvalue weighted by atomic mass is 19.1. The van der Waals surface area contributed by atoms with E-state index in [1.807, 2.05) is 12.1 Å². The lowest BCUT2D eigenvalue weighted by atomic mass is 9.70. The van der Waals surface area contributed by atoms with Crippen LogP contribution in [0.2, 0.25) is 0 Å². The van der Waals surface area contributed by atoms with E-state index in [0.29, 0.717) is 17.1 Å². The molecule has 0 radical (unpaired) electrons. The maximum absolute atomic E-state index is 15.6. The minimum atomic E-state index is -0.223. The van der Waals surface area contributed by atoms with E-state index in [1.165, 1.54) is 56.1 Å². The van der Waals surface area contributed by atoms with E-state index < -0.39 is 0 Å². The van der Waals surface area contributed by atoms with Crippen molar-refractivity contribution in [2.45, 2.75) is 64.2 Å². The van der Waals surface area contributed by atoms with Crippen molar-refractivity contribution in [3.05, 3.63) is 89.4 Å². The Bertz CT molecular complexity index is 1670. The van der Waals surface area contributed by atoms with Crippen LogP contribution >= 0.6 is 0 Å². The van der Waals surface area contributed by atoms with Gasteiger partial charge in [0.05, 0.1) is 11.1 Å². The maximum atomic E-state index is 15.6. The molecule has 1 unspecified atom stereocenters. The molecule has 0 amide bonds. The van der Waals surface area contributed by atoms with Crippen molar-refractivity contribution in [3.8, 4) is 22.4 Å². The molecule has 1 atom stereocenters. The Hall–Kier alpha value is -3.46. The molecule has 2 aliphatic rings. The summed E-state index contributed by atoms with van der Waals surface area (Å²) in [7, 11) is 2.05. The summed E-state index contributed by atoms with van der Waals surface area (Å²) in [6.07, 6.45) is 12.5. The summed E-state index contributed by atoms with van der Waals surface area (Å²) in [5.74, 6) is 1.25. The Kier molecular flexibility index (Phi) is 5.83. The summed E-state index contributed by atoms with van der Waals surface area (Å²) in [4.78, 5) is 0. The van der Waals surface area contributed by atoms with Crippen molar-refractivity contribution in [1.29, 1.82) is 0 Å². The highest BCUT2D eigenvalue weighted by Gasteiger charge is 2.30. The predicted octanol–water partition coefficient (Wildman–Crippen LogP) is 9.19. The van der Waals surface area contributed by atoms with Crippen LogP contribution in [-0.2, 0) is 13.5 Å². The highest BCUT2D eigenvalue weighted by Crippen LogP contribution is 2.46. The monoisotopic (exact) mass is 504 g/mol. The Labute approximate surface area is 224 Å². The summed E-state index contributed by atoms with van der Waals surface area (Å²) in [6.45, 7) is 2.11. The molecule has 3 heteroatoms. The normalized spacial score (nSPS) is 18.2. The lowest BCUT2D eigenvalue weighted by Gasteiger charge is -2.35. The minimum Gasteiger partial charge on any atom is -0.454 e. The van der Waals surface area contributed by atoms with Gasteiger partial charge >= 0.3 is 0 Å². The zero-order chi connectivity index (χ0) is 25.8. The van der Waals surface area contributed by atoms with Crippen LogP contribution in [0.5, 0.6) is 0 Å². The number of halogens is 1. The van der Waals surface area contributed by atoms with Gasteiger partial charge < -0.3 is 4.42 Å². The third kappa shape index (κ3) is 3.78. The van der Waals surface area contributed by atoms with Crippen LogP contribution in [0.15, 0.2) is 71.3 Å². The Morgan fingerprint density at radius 1 is 0.816 bits per heavy atom. The quantitative estimate of drug-likeness (QED) is 0.224. The molecule has 2 aliphatic carbocycles. The second-order valence-electron chi connectivity index (χ2n) is 11.5. The molecule has 38 heavy (non-hydrogen) atoms. The molecule has 5 aromatic rings. The number of furan rings is 1. The minimum absolute atomic E-state index is 0.223. The predicted molar refractivity (Wildman–Crippen MR) is 153 cm³/mol. The van der Waals surface area contributed by atoms with E-state index in [2.05, 4.69) is 67.2 Å². The molecule has 2 nitrogen and oxygen atoms in total. The molecule has 0 spiro atoms. The van der Waals surface area contributed by atoms with Gasteiger partial charge in [-0.05, 0) is 91.3 Å². The third-order valence-corrected chi connectivity index (χ3v) is 9.29. The summed E-state index contributed by atoms with van der Waals surface area (Å²) in [5, 5.41) is 2.00. The van der Waals surface area contributed by atoms with E-state index in [-0.39, 0.29) is 5.82 Å². The molecule has 2 aromatic heterocycles. The van der Waals surface area contributed by atoms with Crippen LogP contribution in [0.4, 0.5) is 4.39 Å². The molecule has 1 saturated carbocycles. The Balaban J connectivity index is 1.40. The number of rotatable bonds is 3. The number of aromatic nitrogens is 1. The SMILES string of the molecule is Cc1ccc2c(oc3c(-c4ccc5c(c4)CCCC5C4CCCCC4)c(F)ccc32)c1-c1cccc[n+]1C. The van der Waals surface area contributed by atoms with E-state index in [1.54, 1.807) is 6.07 Å². The first-order valence-electron chi connectivity index (χ1n) is 14.3. The molecule has 0 bridgehead atoms. The highest BCUT2D eigenvalue weighted by molar-refractivity contribution is 6.13. The molecule has 0 saturated heterocycles. The van der Waals surface area contributed by atoms with Gasteiger partial charge in [0.25, 0.3) is 0 Å². The molecule has 0 N–H and O–H groups in total. The van der Waals surface area contributed by atoms with E-state index in [4.69, 9.17) is 4.42 Å². The van der Waals surface area contributed by atoms with Gasteiger partial charge in [-0.2, -0.15) is 0 Å². The van der Waals surface area contributed by atoms with Crippen molar-refractivity contribution in [2.24, 2.45) is 13.0 Å². The molecule has 192 valence electrons. The lowest BCUT2D eigenvalue weighted by Crippen LogP contribution is -2.30. The fourth-order valence-corrected chi connectivity index (χ4v) is 7.38. The summed E-state index contributed by atoms with van der Waals surface area (Å²) in [6, 6.07) is 20.7. The first kappa shape index (κ1) is 23.6. The zero-order valence-corrected chi connectivity index (χ0v) is 22.4. The fraction of sp³-hybridized carbons (Fsp3) is 0.343. The molecule has 7 rings (SSSR count). The van der Waals surface area contributed by atoms with Crippen molar-refractivity contribution >= 4 is 21.9 Å². The Morgan fingerprint density at radius 2 is 1.61 bits per heavy atom. The Morgan fingerprint density at radius 3 is 2.42 bits per heavy atom. The molecule has 2 heterocycles. The van der Waals surface area contributed by atoms with Crippen LogP contribution in [-0.4, -0.2) is 0 Å². The summed E-state index contributed by atoms with van der Waals surface area (Å²) in [5.41, 5.74) is 9.19. The summed E-state index contributed by atoms with van der Waals surface area (Å²) < 4.78 is 24.4. The van der Waals surface area contributed by atoms with Crippen molar-refractivity contribution in [2.75, 3.05) is 0 Å². The number of hydrogen-bond donors (Lipinski definition) is 0.